The quantitative estimate of drug-likeness (QED) is 0.762. The second-order valence-corrected chi connectivity index (χ2v) is 6.23. The summed E-state index contributed by atoms with van der Waals surface area (Å²) >= 11 is 5.87. The third kappa shape index (κ3) is 4.36. The van der Waals surface area contributed by atoms with E-state index in [9.17, 15) is 5.11 Å². The van der Waals surface area contributed by atoms with Gasteiger partial charge in [0.2, 0.25) is 0 Å². The summed E-state index contributed by atoms with van der Waals surface area (Å²) in [5.41, 5.74) is -0.0176. The van der Waals surface area contributed by atoms with E-state index in [1.165, 1.54) is 32.1 Å². The Morgan fingerprint density at radius 3 is 2.47 bits per heavy atom. The van der Waals surface area contributed by atoms with Crippen molar-refractivity contribution in [1.82, 2.24) is 0 Å². The van der Waals surface area contributed by atoms with Gasteiger partial charge in [-0.2, -0.15) is 0 Å². The molecule has 0 spiro atoms. The van der Waals surface area contributed by atoms with Gasteiger partial charge < -0.3 is 5.11 Å². The zero-order valence-electron chi connectivity index (χ0n) is 11.6. The van der Waals surface area contributed by atoms with E-state index >= 15 is 0 Å². The molecular weight excluding hydrogens is 256 g/mol. The molecule has 2 rings (SSSR count). The third-order valence-corrected chi connectivity index (χ3v) is 4.32. The van der Waals surface area contributed by atoms with Crippen LogP contribution in [0.3, 0.4) is 0 Å². The van der Waals surface area contributed by atoms with Crippen LogP contribution in [0.25, 0.3) is 0 Å². The fourth-order valence-corrected chi connectivity index (χ4v) is 2.92. The van der Waals surface area contributed by atoms with Crippen LogP contribution in [0.15, 0.2) is 36.4 Å². The fourth-order valence-electron chi connectivity index (χ4n) is 2.80. The van der Waals surface area contributed by atoms with E-state index in [4.69, 9.17) is 11.6 Å². The Balaban J connectivity index is 1.93. The Bertz CT molecular complexity index is 413. The lowest BCUT2D eigenvalue weighted by Gasteiger charge is -2.22. The zero-order chi connectivity index (χ0) is 13.7. The molecule has 1 nitrogen and oxygen atoms in total. The Hall–Kier alpha value is -0.790. The lowest BCUT2D eigenvalue weighted by atomic mass is 9.86. The van der Waals surface area contributed by atoms with Gasteiger partial charge in [-0.25, -0.2) is 0 Å². The predicted octanol–water partition coefficient (Wildman–Crippen LogP) is 5.07. The molecule has 0 bridgehead atoms. The molecule has 1 aliphatic carbocycles. The summed E-state index contributed by atoms with van der Waals surface area (Å²) in [6.07, 6.45) is 12.0. The van der Waals surface area contributed by atoms with Gasteiger partial charge in [0.15, 0.2) is 0 Å². The van der Waals surface area contributed by atoms with Crippen molar-refractivity contribution >= 4 is 11.6 Å². The van der Waals surface area contributed by atoms with E-state index < -0.39 is 5.60 Å². The highest BCUT2D eigenvalue weighted by molar-refractivity contribution is 6.30. The predicted molar refractivity (Wildman–Crippen MR) is 81.4 cm³/mol. The maximum absolute atomic E-state index is 10.5. The third-order valence-electron chi connectivity index (χ3n) is 4.07. The van der Waals surface area contributed by atoms with E-state index in [-0.39, 0.29) is 0 Å². The smallest absolute Gasteiger partial charge is 0.105 e. The summed E-state index contributed by atoms with van der Waals surface area (Å²) in [5.74, 6) is 0.811. The van der Waals surface area contributed by atoms with Crippen molar-refractivity contribution in [3.8, 4) is 0 Å². The first-order valence-corrected chi connectivity index (χ1v) is 7.62. The molecule has 0 heterocycles. The van der Waals surface area contributed by atoms with Gasteiger partial charge in [0, 0.05) is 5.02 Å². The van der Waals surface area contributed by atoms with Gasteiger partial charge in [-0.1, -0.05) is 68.0 Å². The molecule has 0 amide bonds. The summed E-state index contributed by atoms with van der Waals surface area (Å²) < 4.78 is 0. The molecular formula is C17H23ClO. The Morgan fingerprint density at radius 2 is 1.84 bits per heavy atom. The topological polar surface area (TPSA) is 20.2 Å². The number of rotatable bonds is 4. The molecule has 1 saturated carbocycles. The van der Waals surface area contributed by atoms with Crippen molar-refractivity contribution in [3.05, 3.63) is 47.0 Å². The molecule has 1 atom stereocenters. The average Bonchev–Trinajstić information content (AvgIpc) is 2.40. The molecule has 0 radical (unpaired) electrons. The highest BCUT2D eigenvalue weighted by Crippen LogP contribution is 2.28. The number of halogens is 1. The molecule has 1 N–H and O–H groups in total. The molecule has 0 aliphatic heterocycles. The molecule has 19 heavy (non-hydrogen) atoms. The number of aliphatic hydroxyl groups is 1. The average molecular weight is 279 g/mol. The highest BCUT2D eigenvalue weighted by Gasteiger charge is 2.19. The molecule has 0 saturated heterocycles. The van der Waals surface area contributed by atoms with E-state index in [1.807, 2.05) is 37.3 Å². The van der Waals surface area contributed by atoms with Crippen LogP contribution < -0.4 is 0 Å². The van der Waals surface area contributed by atoms with Crippen molar-refractivity contribution in [2.24, 2.45) is 5.92 Å². The summed E-state index contributed by atoms with van der Waals surface area (Å²) in [6, 6.07) is 7.40. The van der Waals surface area contributed by atoms with Crippen molar-refractivity contribution in [1.29, 1.82) is 0 Å². The van der Waals surface area contributed by atoms with Crippen molar-refractivity contribution < 1.29 is 5.11 Å². The lowest BCUT2D eigenvalue weighted by Crippen LogP contribution is -2.17. The van der Waals surface area contributed by atoms with Gasteiger partial charge in [-0.15, -0.1) is 0 Å². The van der Waals surface area contributed by atoms with Gasteiger partial charge in [0.1, 0.15) is 5.60 Å². The van der Waals surface area contributed by atoms with Crippen LogP contribution >= 0.6 is 11.6 Å². The second kappa shape index (κ2) is 6.58. The van der Waals surface area contributed by atoms with Crippen molar-refractivity contribution in [2.45, 2.75) is 51.0 Å². The summed E-state index contributed by atoms with van der Waals surface area (Å²) in [4.78, 5) is 0. The van der Waals surface area contributed by atoms with Crippen LogP contribution in [0.1, 0.15) is 51.0 Å². The largest absolute Gasteiger partial charge is 0.381 e. The van der Waals surface area contributed by atoms with Crippen LogP contribution in [-0.2, 0) is 5.60 Å². The van der Waals surface area contributed by atoms with E-state index in [0.29, 0.717) is 5.02 Å². The lowest BCUT2D eigenvalue weighted by molar-refractivity contribution is 0.111. The number of benzene rings is 1. The van der Waals surface area contributed by atoms with Gasteiger partial charge in [0.05, 0.1) is 0 Å². The molecule has 1 aliphatic rings. The van der Waals surface area contributed by atoms with E-state index in [2.05, 4.69) is 6.08 Å². The summed E-state index contributed by atoms with van der Waals surface area (Å²) in [5, 5.41) is 11.2. The van der Waals surface area contributed by atoms with Gasteiger partial charge >= 0.3 is 0 Å². The minimum absolute atomic E-state index is 0.700. The first-order chi connectivity index (χ1) is 9.08. The molecule has 1 fully saturated rings. The van der Waals surface area contributed by atoms with Gasteiger partial charge in [-0.3, -0.25) is 0 Å². The van der Waals surface area contributed by atoms with E-state index in [0.717, 1.165) is 17.9 Å². The first kappa shape index (κ1) is 14.6. The fraction of sp³-hybridized carbons (Fsp3) is 0.529. The summed E-state index contributed by atoms with van der Waals surface area (Å²) in [7, 11) is 0. The molecule has 1 aromatic rings. The molecule has 0 aromatic heterocycles. The van der Waals surface area contributed by atoms with Crippen LogP contribution in [0, 0.1) is 5.92 Å². The minimum Gasteiger partial charge on any atom is -0.381 e. The Labute approximate surface area is 121 Å². The number of allylic oxidation sites excluding steroid dienone is 1. The zero-order valence-corrected chi connectivity index (χ0v) is 12.4. The van der Waals surface area contributed by atoms with Crippen LogP contribution in [0.2, 0.25) is 5.02 Å². The number of hydrogen-bond donors (Lipinski definition) is 1. The monoisotopic (exact) mass is 278 g/mol. The Kier molecular flexibility index (Phi) is 5.06. The van der Waals surface area contributed by atoms with Crippen molar-refractivity contribution in [2.75, 3.05) is 0 Å². The van der Waals surface area contributed by atoms with Crippen LogP contribution in [-0.4, -0.2) is 5.11 Å². The Morgan fingerprint density at radius 1 is 1.21 bits per heavy atom. The first-order valence-electron chi connectivity index (χ1n) is 7.24. The highest BCUT2D eigenvalue weighted by atomic mass is 35.5. The molecule has 104 valence electrons. The van der Waals surface area contributed by atoms with Crippen molar-refractivity contribution in [3.63, 3.8) is 0 Å². The minimum atomic E-state index is -0.904. The molecule has 1 aromatic carbocycles. The van der Waals surface area contributed by atoms with E-state index in [1.54, 1.807) is 0 Å². The van der Waals surface area contributed by atoms with Gasteiger partial charge in [-0.05, 0) is 37.0 Å². The summed E-state index contributed by atoms with van der Waals surface area (Å²) in [6.45, 7) is 1.83. The standard InChI is InChI=1S/C17H23ClO/c1-17(19,15-9-11-16(18)12-10-15)13-5-8-14-6-3-2-4-7-14/h5,9-14,19H,2-4,6-8H2,1H3/b13-5+. The maximum Gasteiger partial charge on any atom is 0.105 e. The van der Waals surface area contributed by atoms with Crippen LogP contribution in [0.4, 0.5) is 0 Å². The SMILES string of the molecule is CC(O)(/C=C/CC1CCCCC1)c1ccc(Cl)cc1. The van der Waals surface area contributed by atoms with Crippen LogP contribution in [0.5, 0.6) is 0 Å². The van der Waals surface area contributed by atoms with Gasteiger partial charge in [0.25, 0.3) is 0 Å². The molecule has 2 heteroatoms. The number of hydrogen-bond acceptors (Lipinski definition) is 1. The second-order valence-electron chi connectivity index (χ2n) is 5.80. The maximum atomic E-state index is 10.5. The molecule has 1 unspecified atom stereocenters. The normalized spacial score (nSPS) is 20.6.